The maximum atomic E-state index is 11.0. The van der Waals surface area contributed by atoms with Gasteiger partial charge in [-0.05, 0) is 23.6 Å². The van der Waals surface area contributed by atoms with Crippen molar-refractivity contribution in [2.24, 2.45) is 0 Å². The predicted octanol–water partition coefficient (Wildman–Crippen LogP) is 3.31. The quantitative estimate of drug-likeness (QED) is 0.562. The van der Waals surface area contributed by atoms with Gasteiger partial charge in [0.15, 0.2) is 0 Å². The van der Waals surface area contributed by atoms with Crippen LogP contribution in [0.5, 0.6) is 0 Å². The van der Waals surface area contributed by atoms with Crippen molar-refractivity contribution in [3.63, 3.8) is 0 Å². The van der Waals surface area contributed by atoms with Crippen molar-refractivity contribution in [3.8, 4) is 0 Å². The Morgan fingerprint density at radius 1 is 1.14 bits per heavy atom. The number of benzene rings is 2. The van der Waals surface area contributed by atoms with E-state index in [4.69, 9.17) is 0 Å². The minimum atomic E-state index is -0.339. The van der Waals surface area contributed by atoms with Crippen LogP contribution < -0.4 is 5.32 Å². The molecule has 1 unspecified atom stereocenters. The molecule has 110 valence electrons. The summed E-state index contributed by atoms with van der Waals surface area (Å²) < 4.78 is 0. The van der Waals surface area contributed by atoms with Crippen LogP contribution in [-0.2, 0) is 6.42 Å². The number of fused-ring (bicyclic) bond motifs is 3. The lowest BCUT2D eigenvalue weighted by Crippen LogP contribution is -2.30. The number of nitrogens with zero attached hydrogens (tertiary/aromatic N) is 1. The van der Waals surface area contributed by atoms with E-state index in [0.29, 0.717) is 0 Å². The molecule has 1 aliphatic heterocycles. The van der Waals surface area contributed by atoms with Crippen LogP contribution in [0, 0.1) is 10.1 Å². The Hall–Kier alpha value is -2.66. The zero-order valence-electron chi connectivity index (χ0n) is 11.9. The fourth-order valence-electron chi connectivity index (χ4n) is 3.26. The van der Waals surface area contributed by atoms with Crippen LogP contribution in [0.3, 0.4) is 0 Å². The third-order valence-corrected chi connectivity index (χ3v) is 4.28. The van der Waals surface area contributed by atoms with Crippen LogP contribution in [0.2, 0.25) is 0 Å². The molecule has 0 aliphatic carbocycles. The highest BCUT2D eigenvalue weighted by Crippen LogP contribution is 2.34. The van der Waals surface area contributed by atoms with Gasteiger partial charge in [0.2, 0.25) is 0 Å². The van der Waals surface area contributed by atoms with Crippen LogP contribution in [0.15, 0.2) is 48.5 Å². The van der Waals surface area contributed by atoms with E-state index >= 15 is 0 Å². The average molecular weight is 293 g/mol. The summed E-state index contributed by atoms with van der Waals surface area (Å²) in [6.07, 6.45) is 0.875. The number of nitrogens with one attached hydrogen (secondary N) is 2. The first-order chi connectivity index (χ1) is 10.7. The maximum Gasteiger partial charge on any atom is 0.270 e. The lowest BCUT2D eigenvalue weighted by atomic mass is 9.94. The van der Waals surface area contributed by atoms with Gasteiger partial charge in [-0.2, -0.15) is 0 Å². The molecule has 2 N–H and O–H groups in total. The SMILES string of the molecule is O=[N+]([O-])c1ccc2[nH]c3c(c2c1)CCNC3c1ccccc1. The Morgan fingerprint density at radius 3 is 2.73 bits per heavy atom. The van der Waals surface area contributed by atoms with E-state index in [1.54, 1.807) is 18.2 Å². The molecule has 2 aromatic carbocycles. The summed E-state index contributed by atoms with van der Waals surface area (Å²) in [4.78, 5) is 14.1. The molecule has 1 atom stereocenters. The number of rotatable bonds is 2. The normalized spacial score (nSPS) is 17.4. The van der Waals surface area contributed by atoms with Crippen molar-refractivity contribution in [3.05, 3.63) is 75.5 Å². The second-order valence-electron chi connectivity index (χ2n) is 5.55. The minimum Gasteiger partial charge on any atom is -0.357 e. The van der Waals surface area contributed by atoms with Crippen molar-refractivity contribution in [1.29, 1.82) is 0 Å². The first-order valence-electron chi connectivity index (χ1n) is 7.31. The van der Waals surface area contributed by atoms with E-state index in [1.807, 2.05) is 18.2 Å². The summed E-state index contributed by atoms with van der Waals surface area (Å²) in [7, 11) is 0. The van der Waals surface area contributed by atoms with Gasteiger partial charge in [0.05, 0.1) is 11.0 Å². The number of aromatic nitrogens is 1. The van der Waals surface area contributed by atoms with Crippen LogP contribution in [0.25, 0.3) is 10.9 Å². The van der Waals surface area contributed by atoms with Crippen molar-refractivity contribution in [2.75, 3.05) is 6.54 Å². The summed E-state index contributed by atoms with van der Waals surface area (Å²) in [5.74, 6) is 0. The van der Waals surface area contributed by atoms with Gasteiger partial charge < -0.3 is 10.3 Å². The average Bonchev–Trinajstić information content (AvgIpc) is 2.93. The Bertz CT molecular complexity index is 855. The van der Waals surface area contributed by atoms with Gasteiger partial charge in [0.1, 0.15) is 0 Å². The minimum absolute atomic E-state index is 0.108. The fraction of sp³-hybridized carbons (Fsp3) is 0.176. The Morgan fingerprint density at radius 2 is 1.95 bits per heavy atom. The Kier molecular flexibility index (Phi) is 2.94. The largest absolute Gasteiger partial charge is 0.357 e. The van der Waals surface area contributed by atoms with E-state index in [-0.39, 0.29) is 16.7 Å². The number of nitro groups is 1. The third kappa shape index (κ3) is 1.98. The summed E-state index contributed by atoms with van der Waals surface area (Å²) in [6.45, 7) is 0.863. The predicted molar refractivity (Wildman–Crippen MR) is 84.9 cm³/mol. The molecule has 1 aliphatic rings. The van der Waals surface area contributed by atoms with E-state index in [1.165, 1.54) is 11.1 Å². The molecule has 0 spiro atoms. The first-order valence-corrected chi connectivity index (χ1v) is 7.31. The van der Waals surface area contributed by atoms with Crippen molar-refractivity contribution < 1.29 is 4.92 Å². The molecule has 3 aromatic rings. The van der Waals surface area contributed by atoms with Gasteiger partial charge in [0.25, 0.3) is 5.69 Å². The monoisotopic (exact) mass is 293 g/mol. The highest BCUT2D eigenvalue weighted by Gasteiger charge is 2.25. The molecule has 0 amide bonds. The van der Waals surface area contributed by atoms with Crippen LogP contribution in [0.4, 0.5) is 5.69 Å². The number of nitro benzene ring substituents is 1. The molecule has 2 heterocycles. The maximum absolute atomic E-state index is 11.0. The van der Waals surface area contributed by atoms with E-state index in [9.17, 15) is 10.1 Å². The third-order valence-electron chi connectivity index (χ3n) is 4.28. The molecule has 0 radical (unpaired) electrons. The Balaban J connectivity index is 1.89. The molecular weight excluding hydrogens is 278 g/mol. The smallest absolute Gasteiger partial charge is 0.270 e. The second-order valence-corrected chi connectivity index (χ2v) is 5.55. The van der Waals surface area contributed by atoms with Crippen molar-refractivity contribution in [2.45, 2.75) is 12.5 Å². The van der Waals surface area contributed by atoms with Crippen LogP contribution in [0.1, 0.15) is 22.9 Å². The fourth-order valence-corrected chi connectivity index (χ4v) is 3.26. The van der Waals surface area contributed by atoms with Gasteiger partial charge in [-0.1, -0.05) is 30.3 Å². The topological polar surface area (TPSA) is 71.0 Å². The number of non-ortho nitro benzene ring substituents is 1. The number of aromatic amines is 1. The summed E-state index contributed by atoms with van der Waals surface area (Å²) in [5.41, 5.74) is 4.60. The lowest BCUT2D eigenvalue weighted by molar-refractivity contribution is -0.384. The molecule has 5 heteroatoms. The number of hydrogen-bond donors (Lipinski definition) is 2. The lowest BCUT2D eigenvalue weighted by Gasteiger charge is -2.24. The zero-order valence-corrected chi connectivity index (χ0v) is 11.9. The molecule has 22 heavy (non-hydrogen) atoms. The van der Waals surface area contributed by atoms with Crippen LogP contribution >= 0.6 is 0 Å². The van der Waals surface area contributed by atoms with Crippen molar-refractivity contribution >= 4 is 16.6 Å². The molecule has 5 nitrogen and oxygen atoms in total. The van der Waals surface area contributed by atoms with Gasteiger partial charge >= 0.3 is 0 Å². The van der Waals surface area contributed by atoms with E-state index in [2.05, 4.69) is 22.4 Å². The molecule has 1 aromatic heterocycles. The summed E-state index contributed by atoms with van der Waals surface area (Å²) >= 11 is 0. The molecular formula is C17H15N3O2. The summed E-state index contributed by atoms with van der Waals surface area (Å²) in [6, 6.07) is 15.4. The number of H-pyrrole nitrogens is 1. The molecule has 0 bridgehead atoms. The van der Waals surface area contributed by atoms with Gasteiger partial charge in [-0.15, -0.1) is 0 Å². The van der Waals surface area contributed by atoms with Crippen molar-refractivity contribution in [1.82, 2.24) is 10.3 Å². The Labute approximate surface area is 127 Å². The van der Waals surface area contributed by atoms with Crippen LogP contribution in [-0.4, -0.2) is 16.5 Å². The molecule has 4 rings (SSSR count). The molecule has 0 saturated carbocycles. The second kappa shape index (κ2) is 4.96. The first kappa shape index (κ1) is 13.0. The molecule has 0 fully saturated rings. The van der Waals surface area contributed by atoms with Gasteiger partial charge in [-0.25, -0.2) is 0 Å². The van der Waals surface area contributed by atoms with Gasteiger partial charge in [-0.3, -0.25) is 10.1 Å². The molecule has 0 saturated heterocycles. The zero-order chi connectivity index (χ0) is 15.1. The van der Waals surface area contributed by atoms with E-state index < -0.39 is 0 Å². The highest BCUT2D eigenvalue weighted by molar-refractivity contribution is 5.87. The number of hydrogen-bond acceptors (Lipinski definition) is 3. The summed E-state index contributed by atoms with van der Waals surface area (Å²) in [5, 5.41) is 15.5. The highest BCUT2D eigenvalue weighted by atomic mass is 16.6. The van der Waals surface area contributed by atoms with E-state index in [0.717, 1.165) is 29.6 Å². The van der Waals surface area contributed by atoms with Gasteiger partial charge in [0, 0.05) is 35.3 Å². The standard InChI is InChI=1S/C17H15N3O2/c21-20(22)12-6-7-15-14(10-12)13-8-9-18-16(17(13)19-15)11-4-2-1-3-5-11/h1-7,10,16,18-19H,8-9H2.